The number of nitrogens with zero attached hydrogens (tertiary/aromatic N) is 6. The molecule has 1 fully saturated rings. The lowest BCUT2D eigenvalue weighted by atomic mass is 10.2. The lowest BCUT2D eigenvalue weighted by Gasteiger charge is -2.36. The molecule has 1 saturated heterocycles. The molecule has 0 N–H and O–H groups in total. The van der Waals surface area contributed by atoms with E-state index in [9.17, 15) is 0 Å². The first kappa shape index (κ1) is 14.7. The molecule has 1 aliphatic rings. The summed E-state index contributed by atoms with van der Waals surface area (Å²) in [5.41, 5.74) is 2.98. The molecule has 3 heterocycles. The van der Waals surface area contributed by atoms with E-state index in [0.29, 0.717) is 0 Å². The van der Waals surface area contributed by atoms with Crippen molar-refractivity contribution in [2.75, 3.05) is 36.0 Å². The molecule has 0 unspecified atom stereocenters. The van der Waals surface area contributed by atoms with Crippen molar-refractivity contribution >= 4 is 11.6 Å². The number of aryl methyl sites for hydroxylation is 4. The van der Waals surface area contributed by atoms with Gasteiger partial charge in [-0.15, -0.1) is 0 Å². The van der Waals surface area contributed by atoms with Crippen molar-refractivity contribution in [3.8, 4) is 0 Å². The number of aromatic nitrogens is 4. The van der Waals surface area contributed by atoms with Gasteiger partial charge in [-0.25, -0.2) is 15.0 Å². The Morgan fingerprint density at radius 3 is 2.18 bits per heavy atom. The summed E-state index contributed by atoms with van der Waals surface area (Å²) in [7, 11) is 0. The molecule has 2 aromatic rings. The van der Waals surface area contributed by atoms with Gasteiger partial charge in [0.15, 0.2) is 0 Å². The van der Waals surface area contributed by atoms with Crippen LogP contribution in [0.1, 0.15) is 22.9 Å². The van der Waals surface area contributed by atoms with E-state index in [1.54, 1.807) is 0 Å². The van der Waals surface area contributed by atoms with E-state index in [1.165, 1.54) is 0 Å². The minimum atomic E-state index is 0.831. The van der Waals surface area contributed by atoms with Crippen LogP contribution in [0.5, 0.6) is 0 Å². The molecule has 0 radical (unpaired) electrons. The number of piperazine rings is 1. The van der Waals surface area contributed by atoms with Gasteiger partial charge in [0, 0.05) is 44.1 Å². The molecule has 0 bridgehead atoms. The van der Waals surface area contributed by atoms with Crippen molar-refractivity contribution in [2.45, 2.75) is 27.7 Å². The smallest absolute Gasteiger partial charge is 0.150 e. The van der Waals surface area contributed by atoms with Crippen molar-refractivity contribution in [2.24, 2.45) is 0 Å². The average Bonchev–Trinajstić information content (AvgIpc) is 2.49. The summed E-state index contributed by atoms with van der Waals surface area (Å²) in [6.07, 6.45) is 1.82. The molecule has 0 saturated carbocycles. The topological polar surface area (TPSA) is 58.0 Å². The second-order valence-corrected chi connectivity index (χ2v) is 5.81. The summed E-state index contributed by atoms with van der Waals surface area (Å²) in [4.78, 5) is 22.6. The highest BCUT2D eigenvalue weighted by molar-refractivity contribution is 5.47. The van der Waals surface area contributed by atoms with Crippen LogP contribution in [0.3, 0.4) is 0 Å². The van der Waals surface area contributed by atoms with Crippen LogP contribution in [0.2, 0.25) is 0 Å². The Hall–Kier alpha value is -2.24. The standard InChI is InChI=1S/C16H22N6/c1-11-9-15(20-14(4)18-11)21-5-7-22(8-6-21)16-13(3)17-10-12(2)19-16/h9-10H,5-8H2,1-4H3. The third-order valence-electron chi connectivity index (χ3n) is 3.91. The van der Waals surface area contributed by atoms with Gasteiger partial charge in [0.1, 0.15) is 17.5 Å². The van der Waals surface area contributed by atoms with Crippen molar-refractivity contribution < 1.29 is 0 Å². The van der Waals surface area contributed by atoms with E-state index in [2.05, 4.69) is 35.8 Å². The number of hydrogen-bond acceptors (Lipinski definition) is 6. The molecule has 0 aliphatic carbocycles. The monoisotopic (exact) mass is 298 g/mol. The molecule has 22 heavy (non-hydrogen) atoms. The highest BCUT2D eigenvalue weighted by Gasteiger charge is 2.21. The molecule has 6 heteroatoms. The van der Waals surface area contributed by atoms with Gasteiger partial charge >= 0.3 is 0 Å². The van der Waals surface area contributed by atoms with Gasteiger partial charge in [0.2, 0.25) is 0 Å². The highest BCUT2D eigenvalue weighted by atomic mass is 15.3. The Morgan fingerprint density at radius 2 is 1.50 bits per heavy atom. The molecule has 1 aliphatic heterocycles. The van der Waals surface area contributed by atoms with Crippen molar-refractivity contribution in [3.05, 3.63) is 35.2 Å². The first-order valence-electron chi connectivity index (χ1n) is 7.65. The normalized spacial score (nSPS) is 15.3. The quantitative estimate of drug-likeness (QED) is 0.843. The Balaban J connectivity index is 1.73. The minimum Gasteiger partial charge on any atom is -0.353 e. The molecule has 3 rings (SSSR count). The van der Waals surface area contributed by atoms with Gasteiger partial charge in [-0.3, -0.25) is 4.98 Å². The summed E-state index contributed by atoms with van der Waals surface area (Å²) in [5, 5.41) is 0. The molecule has 2 aromatic heterocycles. The fraction of sp³-hybridized carbons (Fsp3) is 0.500. The van der Waals surface area contributed by atoms with Gasteiger partial charge in [0.25, 0.3) is 0 Å². The van der Waals surface area contributed by atoms with E-state index in [1.807, 2.05) is 33.9 Å². The predicted octanol–water partition coefficient (Wildman–Crippen LogP) is 1.83. The van der Waals surface area contributed by atoms with Crippen LogP contribution < -0.4 is 9.80 Å². The molecule has 0 spiro atoms. The molecule has 0 amide bonds. The van der Waals surface area contributed by atoms with Crippen molar-refractivity contribution in [1.82, 2.24) is 19.9 Å². The first-order chi connectivity index (χ1) is 10.5. The van der Waals surface area contributed by atoms with E-state index >= 15 is 0 Å². The molecular formula is C16H22N6. The van der Waals surface area contributed by atoms with E-state index in [0.717, 1.165) is 60.7 Å². The molecule has 6 nitrogen and oxygen atoms in total. The zero-order valence-electron chi connectivity index (χ0n) is 13.7. The maximum absolute atomic E-state index is 4.64. The SMILES string of the molecule is Cc1cc(N2CCN(c3nc(C)cnc3C)CC2)nc(C)n1. The fourth-order valence-electron chi connectivity index (χ4n) is 2.83. The minimum absolute atomic E-state index is 0.831. The number of rotatable bonds is 2. The largest absolute Gasteiger partial charge is 0.353 e. The van der Waals surface area contributed by atoms with Crippen LogP contribution >= 0.6 is 0 Å². The van der Waals surface area contributed by atoms with Crippen LogP contribution in [0.4, 0.5) is 11.6 Å². The number of anilines is 2. The zero-order chi connectivity index (χ0) is 15.7. The lowest BCUT2D eigenvalue weighted by molar-refractivity contribution is 0.636. The van der Waals surface area contributed by atoms with E-state index in [4.69, 9.17) is 0 Å². The summed E-state index contributed by atoms with van der Waals surface area (Å²) in [6.45, 7) is 11.7. The van der Waals surface area contributed by atoms with Gasteiger partial charge in [-0.2, -0.15) is 0 Å². The van der Waals surface area contributed by atoms with Gasteiger partial charge in [-0.1, -0.05) is 0 Å². The third kappa shape index (κ3) is 3.00. The van der Waals surface area contributed by atoms with Crippen LogP contribution in [0.25, 0.3) is 0 Å². The molecular weight excluding hydrogens is 276 g/mol. The van der Waals surface area contributed by atoms with Gasteiger partial charge < -0.3 is 9.80 Å². The van der Waals surface area contributed by atoms with Crippen molar-refractivity contribution in [1.29, 1.82) is 0 Å². The lowest BCUT2D eigenvalue weighted by Crippen LogP contribution is -2.47. The second-order valence-electron chi connectivity index (χ2n) is 5.81. The molecule has 0 aromatic carbocycles. The Bertz CT molecular complexity index is 656. The Morgan fingerprint density at radius 1 is 0.818 bits per heavy atom. The first-order valence-corrected chi connectivity index (χ1v) is 7.65. The van der Waals surface area contributed by atoms with Crippen LogP contribution in [-0.2, 0) is 0 Å². The number of hydrogen-bond donors (Lipinski definition) is 0. The summed E-state index contributed by atoms with van der Waals surface area (Å²) < 4.78 is 0. The average molecular weight is 298 g/mol. The maximum Gasteiger partial charge on any atom is 0.150 e. The Labute approximate surface area is 131 Å². The summed E-state index contributed by atoms with van der Waals surface area (Å²) in [6, 6.07) is 2.06. The highest BCUT2D eigenvalue weighted by Crippen LogP contribution is 2.20. The third-order valence-corrected chi connectivity index (χ3v) is 3.91. The van der Waals surface area contributed by atoms with E-state index in [-0.39, 0.29) is 0 Å². The summed E-state index contributed by atoms with van der Waals surface area (Å²) >= 11 is 0. The second kappa shape index (κ2) is 5.87. The van der Waals surface area contributed by atoms with Crippen LogP contribution in [0, 0.1) is 27.7 Å². The van der Waals surface area contributed by atoms with Crippen LogP contribution in [-0.4, -0.2) is 46.1 Å². The van der Waals surface area contributed by atoms with Gasteiger partial charge in [0.05, 0.1) is 11.4 Å². The fourth-order valence-corrected chi connectivity index (χ4v) is 2.83. The molecule has 0 atom stereocenters. The van der Waals surface area contributed by atoms with Crippen molar-refractivity contribution in [3.63, 3.8) is 0 Å². The summed E-state index contributed by atoms with van der Waals surface area (Å²) in [5.74, 6) is 2.87. The van der Waals surface area contributed by atoms with Gasteiger partial charge in [-0.05, 0) is 27.7 Å². The van der Waals surface area contributed by atoms with E-state index < -0.39 is 0 Å². The maximum atomic E-state index is 4.64. The molecule has 116 valence electrons. The Kier molecular flexibility index (Phi) is 3.92. The predicted molar refractivity (Wildman–Crippen MR) is 87.4 cm³/mol. The van der Waals surface area contributed by atoms with Crippen LogP contribution in [0.15, 0.2) is 12.3 Å². The zero-order valence-corrected chi connectivity index (χ0v) is 13.7.